The Morgan fingerprint density at radius 2 is 2.33 bits per heavy atom. The van der Waals surface area contributed by atoms with Crippen molar-refractivity contribution in [1.82, 2.24) is 10.6 Å². The van der Waals surface area contributed by atoms with Gasteiger partial charge in [0.05, 0.1) is 6.04 Å². The number of carbonyl (C=O) groups excluding carboxylic acids is 1. The Kier molecular flexibility index (Phi) is 4.37. The molecule has 1 aromatic carbocycles. The minimum absolute atomic E-state index is 0.0152. The standard InChI is InChI=1S/C15H22N2O/c1-11-4-3-5-12(8-11)9-13-6-7-17-14(10-13)15(18)16-2/h3-5,8,13-14,17H,6-7,9-10H2,1-2H3,(H,16,18). The fourth-order valence-electron chi connectivity index (χ4n) is 2.73. The molecule has 2 rings (SSSR count). The monoisotopic (exact) mass is 246 g/mol. The van der Waals surface area contributed by atoms with E-state index < -0.39 is 0 Å². The Morgan fingerprint density at radius 1 is 1.50 bits per heavy atom. The van der Waals surface area contributed by atoms with Crippen LogP contribution in [0.3, 0.4) is 0 Å². The molecule has 1 heterocycles. The first kappa shape index (κ1) is 13.1. The largest absolute Gasteiger partial charge is 0.358 e. The third-order valence-corrected chi connectivity index (χ3v) is 3.68. The van der Waals surface area contributed by atoms with Crippen molar-refractivity contribution in [1.29, 1.82) is 0 Å². The average molecular weight is 246 g/mol. The van der Waals surface area contributed by atoms with Gasteiger partial charge in [-0.05, 0) is 44.2 Å². The summed E-state index contributed by atoms with van der Waals surface area (Å²) in [5.74, 6) is 0.722. The highest BCUT2D eigenvalue weighted by atomic mass is 16.2. The van der Waals surface area contributed by atoms with Crippen LogP contribution in [0.25, 0.3) is 0 Å². The second-order valence-corrected chi connectivity index (χ2v) is 5.20. The van der Waals surface area contributed by atoms with E-state index in [-0.39, 0.29) is 11.9 Å². The summed E-state index contributed by atoms with van der Waals surface area (Å²) in [6.07, 6.45) is 3.17. The van der Waals surface area contributed by atoms with E-state index in [2.05, 4.69) is 41.8 Å². The van der Waals surface area contributed by atoms with E-state index >= 15 is 0 Å². The number of hydrogen-bond acceptors (Lipinski definition) is 2. The average Bonchev–Trinajstić information content (AvgIpc) is 2.38. The lowest BCUT2D eigenvalue weighted by Crippen LogP contribution is -2.48. The maximum Gasteiger partial charge on any atom is 0.236 e. The van der Waals surface area contributed by atoms with Crippen molar-refractivity contribution in [2.75, 3.05) is 13.6 Å². The Balaban J connectivity index is 1.95. The Labute approximate surface area is 109 Å². The Hall–Kier alpha value is -1.35. The van der Waals surface area contributed by atoms with E-state index in [9.17, 15) is 4.79 Å². The molecular formula is C15H22N2O. The maximum atomic E-state index is 11.6. The first-order valence-corrected chi connectivity index (χ1v) is 6.69. The van der Waals surface area contributed by atoms with E-state index in [0.29, 0.717) is 5.92 Å². The summed E-state index contributed by atoms with van der Waals surface area (Å²) < 4.78 is 0. The SMILES string of the molecule is CNC(=O)C1CC(Cc2cccc(C)c2)CCN1. The van der Waals surface area contributed by atoms with Crippen LogP contribution in [0.5, 0.6) is 0 Å². The van der Waals surface area contributed by atoms with Crippen molar-refractivity contribution in [3.8, 4) is 0 Å². The molecule has 18 heavy (non-hydrogen) atoms. The van der Waals surface area contributed by atoms with Crippen LogP contribution in [0, 0.1) is 12.8 Å². The fourth-order valence-corrected chi connectivity index (χ4v) is 2.73. The number of piperidine rings is 1. The lowest BCUT2D eigenvalue weighted by molar-refractivity contribution is -0.123. The van der Waals surface area contributed by atoms with Gasteiger partial charge in [0.25, 0.3) is 0 Å². The zero-order chi connectivity index (χ0) is 13.0. The van der Waals surface area contributed by atoms with Crippen molar-refractivity contribution < 1.29 is 4.79 Å². The van der Waals surface area contributed by atoms with Crippen molar-refractivity contribution >= 4 is 5.91 Å². The Morgan fingerprint density at radius 3 is 3.06 bits per heavy atom. The van der Waals surface area contributed by atoms with Crippen molar-refractivity contribution in [2.45, 2.75) is 32.2 Å². The van der Waals surface area contributed by atoms with Crippen molar-refractivity contribution in [3.63, 3.8) is 0 Å². The highest BCUT2D eigenvalue weighted by Crippen LogP contribution is 2.21. The van der Waals surface area contributed by atoms with Gasteiger partial charge >= 0.3 is 0 Å². The molecule has 1 aromatic rings. The number of hydrogen-bond donors (Lipinski definition) is 2. The highest BCUT2D eigenvalue weighted by molar-refractivity contribution is 5.81. The van der Waals surface area contributed by atoms with Gasteiger partial charge in [-0.2, -0.15) is 0 Å². The van der Waals surface area contributed by atoms with Gasteiger partial charge in [0.2, 0.25) is 5.91 Å². The van der Waals surface area contributed by atoms with E-state index in [4.69, 9.17) is 0 Å². The summed E-state index contributed by atoms with van der Waals surface area (Å²) in [4.78, 5) is 11.6. The lowest BCUT2D eigenvalue weighted by atomic mass is 9.86. The minimum atomic E-state index is -0.0152. The van der Waals surface area contributed by atoms with Crippen molar-refractivity contribution in [3.05, 3.63) is 35.4 Å². The highest BCUT2D eigenvalue weighted by Gasteiger charge is 2.26. The van der Waals surface area contributed by atoms with Crippen LogP contribution < -0.4 is 10.6 Å². The molecule has 0 aliphatic carbocycles. The maximum absolute atomic E-state index is 11.6. The molecule has 98 valence electrons. The van der Waals surface area contributed by atoms with Crippen LogP contribution >= 0.6 is 0 Å². The summed E-state index contributed by atoms with van der Waals surface area (Å²) >= 11 is 0. The quantitative estimate of drug-likeness (QED) is 0.851. The fraction of sp³-hybridized carbons (Fsp3) is 0.533. The van der Waals surface area contributed by atoms with E-state index in [1.54, 1.807) is 7.05 Å². The molecule has 3 nitrogen and oxygen atoms in total. The second kappa shape index (κ2) is 6.01. The van der Waals surface area contributed by atoms with Crippen LogP contribution in [0.1, 0.15) is 24.0 Å². The number of benzene rings is 1. The number of likely N-dealkylation sites (N-methyl/N-ethyl adjacent to an activating group) is 1. The molecule has 1 saturated heterocycles. The van der Waals surface area contributed by atoms with Gasteiger partial charge in [0.15, 0.2) is 0 Å². The van der Waals surface area contributed by atoms with Gasteiger partial charge < -0.3 is 10.6 Å². The zero-order valence-electron chi connectivity index (χ0n) is 11.2. The number of amides is 1. The van der Waals surface area contributed by atoms with E-state index in [0.717, 1.165) is 25.8 Å². The molecule has 0 spiro atoms. The predicted octanol–water partition coefficient (Wildman–Crippen LogP) is 1.65. The smallest absolute Gasteiger partial charge is 0.236 e. The second-order valence-electron chi connectivity index (χ2n) is 5.20. The van der Waals surface area contributed by atoms with Crippen LogP contribution in [-0.2, 0) is 11.2 Å². The minimum Gasteiger partial charge on any atom is -0.358 e. The molecule has 3 heteroatoms. The summed E-state index contributed by atoms with van der Waals surface area (Å²) in [6, 6.07) is 8.65. The topological polar surface area (TPSA) is 41.1 Å². The van der Waals surface area contributed by atoms with Crippen LogP contribution in [0.2, 0.25) is 0 Å². The van der Waals surface area contributed by atoms with Gasteiger partial charge in [-0.15, -0.1) is 0 Å². The molecule has 0 aromatic heterocycles. The molecule has 1 aliphatic rings. The van der Waals surface area contributed by atoms with E-state index in [1.165, 1.54) is 11.1 Å². The summed E-state index contributed by atoms with van der Waals surface area (Å²) in [5.41, 5.74) is 2.70. The van der Waals surface area contributed by atoms with Crippen LogP contribution in [-0.4, -0.2) is 25.5 Å². The number of aryl methyl sites for hydroxylation is 1. The summed E-state index contributed by atoms with van der Waals surface area (Å²) in [7, 11) is 1.70. The van der Waals surface area contributed by atoms with E-state index in [1.807, 2.05) is 0 Å². The number of nitrogens with one attached hydrogen (secondary N) is 2. The molecule has 1 fully saturated rings. The lowest BCUT2D eigenvalue weighted by Gasteiger charge is -2.29. The molecule has 2 atom stereocenters. The van der Waals surface area contributed by atoms with Gasteiger partial charge in [0.1, 0.15) is 0 Å². The molecule has 2 N–H and O–H groups in total. The van der Waals surface area contributed by atoms with Gasteiger partial charge in [-0.25, -0.2) is 0 Å². The molecule has 0 saturated carbocycles. The van der Waals surface area contributed by atoms with Crippen LogP contribution in [0.15, 0.2) is 24.3 Å². The molecule has 0 radical (unpaired) electrons. The molecule has 1 aliphatic heterocycles. The first-order chi connectivity index (χ1) is 8.69. The number of rotatable bonds is 3. The zero-order valence-corrected chi connectivity index (χ0v) is 11.2. The third kappa shape index (κ3) is 3.33. The normalized spacial score (nSPS) is 23.7. The molecule has 0 bridgehead atoms. The van der Waals surface area contributed by atoms with Gasteiger partial charge in [-0.1, -0.05) is 29.8 Å². The number of carbonyl (C=O) groups is 1. The molecular weight excluding hydrogens is 224 g/mol. The third-order valence-electron chi connectivity index (χ3n) is 3.68. The Bertz CT molecular complexity index is 417. The summed E-state index contributed by atoms with van der Waals surface area (Å²) in [6.45, 7) is 3.06. The summed E-state index contributed by atoms with van der Waals surface area (Å²) in [5, 5.41) is 6.01. The molecule has 1 amide bonds. The van der Waals surface area contributed by atoms with Crippen molar-refractivity contribution in [2.24, 2.45) is 5.92 Å². The van der Waals surface area contributed by atoms with Crippen LogP contribution in [0.4, 0.5) is 0 Å². The molecule has 2 unspecified atom stereocenters. The van der Waals surface area contributed by atoms with Gasteiger partial charge in [0, 0.05) is 7.05 Å². The van der Waals surface area contributed by atoms with Gasteiger partial charge in [-0.3, -0.25) is 4.79 Å². The first-order valence-electron chi connectivity index (χ1n) is 6.69. The predicted molar refractivity (Wildman–Crippen MR) is 73.5 cm³/mol.